The van der Waals surface area contributed by atoms with Crippen LogP contribution in [0, 0.1) is 6.92 Å². The van der Waals surface area contributed by atoms with E-state index in [0.29, 0.717) is 11.3 Å². The van der Waals surface area contributed by atoms with E-state index < -0.39 is 11.9 Å². The number of ether oxygens (including phenoxy) is 1. The van der Waals surface area contributed by atoms with Crippen molar-refractivity contribution in [3.8, 4) is 17.1 Å². The minimum atomic E-state index is -0.715. The van der Waals surface area contributed by atoms with E-state index in [0.717, 1.165) is 5.56 Å². The fourth-order valence-corrected chi connectivity index (χ4v) is 3.21. The molecule has 4 aromatic rings. The Bertz CT molecular complexity index is 1340. The molecule has 1 heterocycles. The highest BCUT2D eigenvalue weighted by Gasteiger charge is 2.20. The molecule has 4 rings (SSSR count). The molecule has 0 bridgehead atoms. The van der Waals surface area contributed by atoms with Gasteiger partial charge in [-0.2, -0.15) is 0 Å². The molecule has 30 heavy (non-hydrogen) atoms. The Kier molecular flexibility index (Phi) is 4.90. The maximum Gasteiger partial charge on any atom is 0.347 e. The molecular formula is C24H17NO5. The van der Waals surface area contributed by atoms with Crippen molar-refractivity contribution in [1.82, 2.24) is 0 Å². The number of fused-ring (bicyclic) bond motifs is 1. The van der Waals surface area contributed by atoms with Crippen LogP contribution in [-0.4, -0.2) is 11.9 Å². The van der Waals surface area contributed by atoms with Gasteiger partial charge in [0.05, 0.1) is 5.39 Å². The third-order valence-corrected chi connectivity index (χ3v) is 4.73. The quantitative estimate of drug-likeness (QED) is 0.412. The van der Waals surface area contributed by atoms with Crippen LogP contribution < -0.4 is 15.9 Å². The molecular weight excluding hydrogens is 382 g/mol. The van der Waals surface area contributed by atoms with Crippen molar-refractivity contribution in [3.05, 3.63) is 99.7 Å². The van der Waals surface area contributed by atoms with Gasteiger partial charge in [0.15, 0.2) is 11.0 Å². The number of hydrogen-bond acceptors (Lipinski definition) is 5. The molecule has 0 unspecified atom stereocenters. The minimum Gasteiger partial charge on any atom is -0.455 e. The smallest absolute Gasteiger partial charge is 0.347 e. The van der Waals surface area contributed by atoms with Crippen LogP contribution in [0.2, 0.25) is 0 Å². The molecule has 0 aliphatic carbocycles. The fourth-order valence-electron chi connectivity index (χ4n) is 3.21. The molecule has 1 aromatic heterocycles. The van der Waals surface area contributed by atoms with Crippen LogP contribution in [0.3, 0.4) is 0 Å². The first-order valence-corrected chi connectivity index (χ1v) is 9.19. The van der Waals surface area contributed by atoms with E-state index in [1.54, 1.807) is 25.1 Å². The first-order chi connectivity index (χ1) is 14.5. The summed E-state index contributed by atoms with van der Waals surface area (Å²) in [6.07, 6.45) is 0. The molecule has 3 aromatic carbocycles. The summed E-state index contributed by atoms with van der Waals surface area (Å²) < 4.78 is 11.4. The van der Waals surface area contributed by atoms with Gasteiger partial charge in [-0.1, -0.05) is 42.5 Å². The van der Waals surface area contributed by atoms with Gasteiger partial charge in [0, 0.05) is 16.7 Å². The predicted molar refractivity (Wildman–Crippen MR) is 113 cm³/mol. The van der Waals surface area contributed by atoms with Crippen molar-refractivity contribution in [2.75, 3.05) is 0 Å². The highest BCUT2D eigenvalue weighted by molar-refractivity contribution is 6.03. The molecule has 0 fully saturated rings. The summed E-state index contributed by atoms with van der Waals surface area (Å²) in [5, 5.41) is 0.285. The van der Waals surface area contributed by atoms with Crippen LogP contribution in [-0.2, 0) is 0 Å². The van der Waals surface area contributed by atoms with E-state index >= 15 is 0 Å². The Balaban J connectivity index is 1.82. The summed E-state index contributed by atoms with van der Waals surface area (Å²) in [5.74, 6) is -0.796. The summed E-state index contributed by atoms with van der Waals surface area (Å²) in [5.41, 5.74) is 6.69. The van der Waals surface area contributed by atoms with Crippen LogP contribution in [0.25, 0.3) is 22.3 Å². The molecule has 6 nitrogen and oxygen atoms in total. The van der Waals surface area contributed by atoms with E-state index in [1.165, 1.54) is 24.3 Å². The number of esters is 1. The van der Waals surface area contributed by atoms with Gasteiger partial charge in [0.1, 0.15) is 17.1 Å². The van der Waals surface area contributed by atoms with E-state index in [2.05, 4.69) is 0 Å². The molecule has 1 amide bonds. The number of rotatable bonds is 4. The number of benzene rings is 3. The largest absolute Gasteiger partial charge is 0.455 e. The molecule has 148 valence electrons. The van der Waals surface area contributed by atoms with Crippen molar-refractivity contribution in [3.63, 3.8) is 0 Å². The summed E-state index contributed by atoms with van der Waals surface area (Å²) in [7, 11) is 0. The minimum absolute atomic E-state index is 0.103. The molecule has 0 atom stereocenters. The van der Waals surface area contributed by atoms with Gasteiger partial charge >= 0.3 is 5.97 Å². The van der Waals surface area contributed by atoms with Crippen LogP contribution >= 0.6 is 0 Å². The third kappa shape index (κ3) is 3.46. The Morgan fingerprint density at radius 2 is 1.67 bits per heavy atom. The molecule has 0 saturated carbocycles. The molecule has 0 saturated heterocycles. The zero-order valence-electron chi connectivity index (χ0n) is 16.0. The number of hydrogen-bond donors (Lipinski definition) is 1. The van der Waals surface area contributed by atoms with Crippen LogP contribution in [0.1, 0.15) is 26.3 Å². The SMILES string of the molecule is Cc1c(-c2ccccc2)oc2c(C(=O)Oc3cccc(C(N)=O)c3)cccc2c1=O. The number of para-hydroxylation sites is 1. The zero-order valence-corrected chi connectivity index (χ0v) is 16.0. The lowest BCUT2D eigenvalue weighted by Gasteiger charge is -2.10. The van der Waals surface area contributed by atoms with Crippen LogP contribution in [0.5, 0.6) is 5.75 Å². The molecule has 0 radical (unpaired) electrons. The van der Waals surface area contributed by atoms with Gasteiger partial charge < -0.3 is 14.9 Å². The molecule has 2 N–H and O–H groups in total. The number of carbonyl (C=O) groups is 2. The molecule has 6 heteroatoms. The van der Waals surface area contributed by atoms with Gasteiger partial charge in [-0.25, -0.2) is 4.79 Å². The Labute approximate surface area is 171 Å². The number of nitrogens with two attached hydrogens (primary N) is 1. The Morgan fingerprint density at radius 3 is 2.40 bits per heavy atom. The van der Waals surface area contributed by atoms with Crippen LogP contribution in [0.15, 0.2) is 82.0 Å². The van der Waals surface area contributed by atoms with Gasteiger partial charge in [-0.3, -0.25) is 9.59 Å². The maximum absolute atomic E-state index is 12.9. The second kappa shape index (κ2) is 7.67. The first-order valence-electron chi connectivity index (χ1n) is 9.19. The average molecular weight is 399 g/mol. The van der Waals surface area contributed by atoms with Gasteiger partial charge in [-0.15, -0.1) is 0 Å². The van der Waals surface area contributed by atoms with Crippen molar-refractivity contribution in [1.29, 1.82) is 0 Å². The number of primary amides is 1. The van der Waals surface area contributed by atoms with E-state index in [1.807, 2.05) is 30.3 Å². The summed E-state index contributed by atoms with van der Waals surface area (Å²) in [6.45, 7) is 1.69. The summed E-state index contributed by atoms with van der Waals surface area (Å²) >= 11 is 0. The predicted octanol–water partition coefficient (Wildman–Crippen LogP) is 4.09. The number of amides is 1. The standard InChI is InChI=1S/C24H17NO5/c1-14-20(26)18-11-6-12-19(22(18)30-21(14)15-7-3-2-4-8-15)24(28)29-17-10-5-9-16(13-17)23(25)27/h2-13H,1H3,(H2,25,27). The van der Waals surface area contributed by atoms with Crippen molar-refractivity contribution < 1.29 is 18.7 Å². The lowest BCUT2D eigenvalue weighted by atomic mass is 10.0. The monoisotopic (exact) mass is 399 g/mol. The molecule has 0 aliphatic heterocycles. The summed E-state index contributed by atoms with van der Waals surface area (Å²) in [4.78, 5) is 37.1. The topological polar surface area (TPSA) is 99.6 Å². The zero-order chi connectivity index (χ0) is 21.3. The normalized spacial score (nSPS) is 10.7. The number of carbonyl (C=O) groups excluding carboxylic acids is 2. The molecule has 0 aliphatic rings. The maximum atomic E-state index is 12.9. The Morgan fingerprint density at radius 1 is 0.933 bits per heavy atom. The Hall–Kier alpha value is -4.19. The van der Waals surface area contributed by atoms with Gasteiger partial charge in [0.25, 0.3) is 0 Å². The van der Waals surface area contributed by atoms with Gasteiger partial charge in [0.2, 0.25) is 5.91 Å². The average Bonchev–Trinajstić information content (AvgIpc) is 2.76. The second-order valence-corrected chi connectivity index (χ2v) is 6.72. The van der Waals surface area contributed by atoms with E-state index in [4.69, 9.17) is 14.9 Å². The highest BCUT2D eigenvalue weighted by Crippen LogP contribution is 2.28. The molecule has 0 spiro atoms. The second-order valence-electron chi connectivity index (χ2n) is 6.72. The van der Waals surface area contributed by atoms with E-state index in [9.17, 15) is 14.4 Å². The highest BCUT2D eigenvalue weighted by atomic mass is 16.5. The van der Waals surface area contributed by atoms with Crippen molar-refractivity contribution in [2.24, 2.45) is 5.73 Å². The lowest BCUT2D eigenvalue weighted by Crippen LogP contribution is -2.14. The first kappa shape index (κ1) is 19.1. The van der Waals surface area contributed by atoms with Crippen molar-refractivity contribution >= 4 is 22.8 Å². The van der Waals surface area contributed by atoms with Crippen LogP contribution in [0.4, 0.5) is 0 Å². The third-order valence-electron chi connectivity index (χ3n) is 4.73. The fraction of sp³-hybridized carbons (Fsp3) is 0.0417. The van der Waals surface area contributed by atoms with Crippen molar-refractivity contribution in [2.45, 2.75) is 6.92 Å². The lowest BCUT2D eigenvalue weighted by molar-refractivity contribution is 0.0734. The summed E-state index contributed by atoms with van der Waals surface area (Å²) in [6, 6.07) is 19.9. The van der Waals surface area contributed by atoms with E-state index in [-0.39, 0.29) is 33.3 Å². The van der Waals surface area contributed by atoms with Gasteiger partial charge in [-0.05, 0) is 37.3 Å².